The number of nitriles is 1. The highest BCUT2D eigenvalue weighted by Crippen LogP contribution is 2.28. The molecule has 16 heavy (non-hydrogen) atoms. The van der Waals surface area contributed by atoms with Gasteiger partial charge in [-0.25, -0.2) is 0 Å². The fourth-order valence-corrected chi connectivity index (χ4v) is 2.03. The molecule has 4 nitrogen and oxygen atoms in total. The minimum absolute atomic E-state index is 0.198. The number of aliphatic hydroxyl groups excluding tert-OH is 1. The van der Waals surface area contributed by atoms with Crippen LogP contribution in [0.15, 0.2) is 18.2 Å². The zero-order valence-electron chi connectivity index (χ0n) is 9.06. The number of hydrogen-bond acceptors (Lipinski definition) is 4. The molecule has 1 aromatic rings. The van der Waals surface area contributed by atoms with Crippen molar-refractivity contribution in [2.24, 2.45) is 0 Å². The van der Waals surface area contributed by atoms with Crippen LogP contribution in [0.4, 0.5) is 11.4 Å². The molecule has 1 saturated heterocycles. The Morgan fingerprint density at radius 2 is 2.06 bits per heavy atom. The summed E-state index contributed by atoms with van der Waals surface area (Å²) in [5.41, 5.74) is 7.90. The van der Waals surface area contributed by atoms with Crippen LogP contribution in [-0.4, -0.2) is 24.3 Å². The van der Waals surface area contributed by atoms with Crippen LogP contribution in [0.25, 0.3) is 0 Å². The average molecular weight is 217 g/mol. The van der Waals surface area contributed by atoms with Gasteiger partial charge in [-0.15, -0.1) is 0 Å². The number of nitrogen functional groups attached to an aromatic ring is 1. The molecule has 0 atom stereocenters. The van der Waals surface area contributed by atoms with Gasteiger partial charge in [0.25, 0.3) is 0 Å². The molecule has 0 amide bonds. The molecule has 1 fully saturated rings. The second-order valence-corrected chi connectivity index (χ2v) is 4.07. The Hall–Kier alpha value is -1.73. The number of hydrogen-bond donors (Lipinski definition) is 2. The molecule has 0 spiro atoms. The number of piperidine rings is 1. The molecule has 4 heteroatoms. The molecule has 1 heterocycles. The highest BCUT2D eigenvalue weighted by molar-refractivity contribution is 5.74. The summed E-state index contributed by atoms with van der Waals surface area (Å²) in [6.45, 7) is 1.58. The monoisotopic (exact) mass is 217 g/mol. The van der Waals surface area contributed by atoms with Gasteiger partial charge in [0.15, 0.2) is 0 Å². The van der Waals surface area contributed by atoms with Crippen LogP contribution in [0, 0.1) is 11.3 Å². The molecule has 1 aliphatic heterocycles. The first-order valence-corrected chi connectivity index (χ1v) is 5.44. The third-order valence-corrected chi connectivity index (χ3v) is 3.01. The van der Waals surface area contributed by atoms with E-state index in [1.807, 2.05) is 12.1 Å². The van der Waals surface area contributed by atoms with Crippen LogP contribution in [0.3, 0.4) is 0 Å². The molecule has 1 aromatic carbocycles. The largest absolute Gasteiger partial charge is 0.396 e. The summed E-state index contributed by atoms with van der Waals surface area (Å²) in [4.78, 5) is 2.13. The lowest BCUT2D eigenvalue weighted by Gasteiger charge is -2.32. The van der Waals surface area contributed by atoms with Crippen molar-refractivity contribution >= 4 is 11.4 Å². The Morgan fingerprint density at radius 1 is 1.38 bits per heavy atom. The molecule has 84 valence electrons. The molecule has 0 unspecified atom stereocenters. The summed E-state index contributed by atoms with van der Waals surface area (Å²) in [5.74, 6) is 0. The minimum atomic E-state index is -0.198. The van der Waals surface area contributed by atoms with E-state index in [1.54, 1.807) is 6.07 Å². The van der Waals surface area contributed by atoms with Gasteiger partial charge in [-0.3, -0.25) is 0 Å². The Labute approximate surface area is 94.9 Å². The molecular weight excluding hydrogens is 202 g/mol. The number of rotatable bonds is 1. The predicted molar refractivity (Wildman–Crippen MR) is 63.0 cm³/mol. The smallest absolute Gasteiger partial charge is 0.101 e. The quantitative estimate of drug-likeness (QED) is 0.691. The van der Waals surface area contributed by atoms with E-state index in [0.717, 1.165) is 31.6 Å². The van der Waals surface area contributed by atoms with Gasteiger partial charge in [0.2, 0.25) is 0 Å². The zero-order valence-corrected chi connectivity index (χ0v) is 9.06. The van der Waals surface area contributed by atoms with E-state index in [1.165, 1.54) is 0 Å². The minimum Gasteiger partial charge on any atom is -0.396 e. The maximum Gasteiger partial charge on any atom is 0.101 e. The summed E-state index contributed by atoms with van der Waals surface area (Å²) in [7, 11) is 0. The van der Waals surface area contributed by atoms with Crippen molar-refractivity contribution in [1.82, 2.24) is 0 Å². The number of aliphatic hydroxyl groups is 1. The molecule has 0 saturated carbocycles. The lowest BCUT2D eigenvalue weighted by Crippen LogP contribution is -2.36. The highest BCUT2D eigenvalue weighted by Gasteiger charge is 2.19. The molecule has 0 aromatic heterocycles. The second kappa shape index (κ2) is 4.42. The number of nitrogens with two attached hydrogens (primary N) is 1. The Bertz CT molecular complexity index is 417. The number of nitrogens with zero attached hydrogens (tertiary/aromatic N) is 2. The van der Waals surface area contributed by atoms with Crippen molar-refractivity contribution in [2.45, 2.75) is 18.9 Å². The van der Waals surface area contributed by atoms with Crippen LogP contribution in [0.1, 0.15) is 18.4 Å². The van der Waals surface area contributed by atoms with E-state index >= 15 is 0 Å². The molecule has 3 N–H and O–H groups in total. The van der Waals surface area contributed by atoms with Crippen LogP contribution in [0.2, 0.25) is 0 Å². The predicted octanol–water partition coefficient (Wildman–Crippen LogP) is 1.10. The highest BCUT2D eigenvalue weighted by atomic mass is 16.3. The molecular formula is C12H15N3O. The second-order valence-electron chi connectivity index (χ2n) is 4.07. The lowest BCUT2D eigenvalue weighted by atomic mass is 10.1. The van der Waals surface area contributed by atoms with E-state index in [-0.39, 0.29) is 6.10 Å². The maximum atomic E-state index is 9.43. The van der Waals surface area contributed by atoms with Crippen molar-refractivity contribution in [3.05, 3.63) is 23.8 Å². The lowest BCUT2D eigenvalue weighted by molar-refractivity contribution is 0.145. The van der Waals surface area contributed by atoms with Crippen LogP contribution < -0.4 is 10.6 Å². The van der Waals surface area contributed by atoms with E-state index in [9.17, 15) is 5.11 Å². The summed E-state index contributed by atoms with van der Waals surface area (Å²) < 4.78 is 0. The number of benzene rings is 1. The molecule has 0 aliphatic carbocycles. The van der Waals surface area contributed by atoms with Gasteiger partial charge in [-0.2, -0.15) is 5.26 Å². The van der Waals surface area contributed by atoms with E-state index in [0.29, 0.717) is 11.3 Å². The average Bonchev–Trinajstić information content (AvgIpc) is 2.31. The normalized spacial score (nSPS) is 17.1. The molecule has 0 bridgehead atoms. The Balaban J connectivity index is 2.24. The fourth-order valence-electron chi connectivity index (χ4n) is 2.03. The third-order valence-electron chi connectivity index (χ3n) is 3.01. The first-order valence-electron chi connectivity index (χ1n) is 5.44. The van der Waals surface area contributed by atoms with Crippen molar-refractivity contribution in [3.63, 3.8) is 0 Å². The summed E-state index contributed by atoms with van der Waals surface area (Å²) in [6.07, 6.45) is 1.32. The third kappa shape index (κ3) is 1.95. The van der Waals surface area contributed by atoms with E-state index in [2.05, 4.69) is 11.0 Å². The van der Waals surface area contributed by atoms with Gasteiger partial charge in [0.1, 0.15) is 6.07 Å². The maximum absolute atomic E-state index is 9.43. The molecule has 0 radical (unpaired) electrons. The summed E-state index contributed by atoms with van der Waals surface area (Å²) >= 11 is 0. The first-order chi connectivity index (χ1) is 7.72. The number of para-hydroxylation sites is 1. The summed E-state index contributed by atoms with van der Waals surface area (Å²) in [5, 5.41) is 18.3. The molecule has 2 rings (SSSR count). The summed E-state index contributed by atoms with van der Waals surface area (Å²) in [6, 6.07) is 7.57. The van der Waals surface area contributed by atoms with E-state index < -0.39 is 0 Å². The van der Waals surface area contributed by atoms with Gasteiger partial charge in [0, 0.05) is 13.1 Å². The van der Waals surface area contributed by atoms with Crippen LogP contribution >= 0.6 is 0 Å². The van der Waals surface area contributed by atoms with Gasteiger partial charge in [-0.05, 0) is 25.0 Å². The molecule has 1 aliphatic rings. The van der Waals surface area contributed by atoms with Gasteiger partial charge in [-0.1, -0.05) is 6.07 Å². The van der Waals surface area contributed by atoms with Gasteiger partial charge >= 0.3 is 0 Å². The van der Waals surface area contributed by atoms with Gasteiger partial charge in [0.05, 0.1) is 23.0 Å². The first kappa shape index (κ1) is 10.8. The fraction of sp³-hybridized carbons (Fsp3) is 0.417. The van der Waals surface area contributed by atoms with Crippen LogP contribution in [-0.2, 0) is 0 Å². The Kier molecular flexibility index (Phi) is 2.97. The van der Waals surface area contributed by atoms with Crippen LogP contribution in [0.5, 0.6) is 0 Å². The zero-order chi connectivity index (χ0) is 11.5. The van der Waals surface area contributed by atoms with Crippen molar-refractivity contribution in [3.8, 4) is 6.07 Å². The van der Waals surface area contributed by atoms with Gasteiger partial charge < -0.3 is 15.7 Å². The SMILES string of the molecule is N#Cc1cccc(N2CCC(O)CC2)c1N. The van der Waals surface area contributed by atoms with Crippen molar-refractivity contribution in [2.75, 3.05) is 23.7 Å². The van der Waals surface area contributed by atoms with Crippen molar-refractivity contribution in [1.29, 1.82) is 5.26 Å². The van der Waals surface area contributed by atoms with E-state index in [4.69, 9.17) is 11.0 Å². The number of anilines is 2. The topological polar surface area (TPSA) is 73.3 Å². The standard InChI is InChI=1S/C12H15N3O/c13-8-9-2-1-3-11(12(9)14)15-6-4-10(16)5-7-15/h1-3,10,16H,4-7,14H2. The van der Waals surface area contributed by atoms with Crippen molar-refractivity contribution < 1.29 is 5.11 Å². The Morgan fingerprint density at radius 3 is 2.69 bits per heavy atom.